The van der Waals surface area contributed by atoms with Crippen molar-refractivity contribution >= 4 is 35.9 Å². The van der Waals surface area contributed by atoms with Crippen LogP contribution in [0.1, 0.15) is 12.8 Å². The number of guanidine groups is 1. The molecule has 0 aliphatic carbocycles. The molecule has 0 aromatic rings. The van der Waals surface area contributed by atoms with E-state index in [4.69, 9.17) is 29.1 Å². The Kier molecular flexibility index (Phi) is 7.62. The molecule has 6 radical (unpaired) electrons. The summed E-state index contributed by atoms with van der Waals surface area (Å²) in [6.07, 6.45) is 0.975. The van der Waals surface area contributed by atoms with E-state index >= 15 is 0 Å². The Morgan fingerprint density at radius 2 is 2.13 bits per heavy atom. The maximum atomic E-state index is 10.5. The number of nitrogens with zero attached hydrogens (tertiary/aromatic N) is 1. The number of hydrogen-bond acceptors (Lipinski definition) is 3. The first-order valence-electron chi connectivity index (χ1n) is 4.33. The van der Waals surface area contributed by atoms with Crippen LogP contribution in [0.4, 0.5) is 0 Å². The van der Waals surface area contributed by atoms with Crippen LogP contribution in [0.5, 0.6) is 0 Å². The summed E-state index contributed by atoms with van der Waals surface area (Å²) < 4.78 is 0. The molecule has 1 unspecified atom stereocenters. The van der Waals surface area contributed by atoms with Crippen LogP contribution >= 0.6 is 0 Å². The van der Waals surface area contributed by atoms with Gasteiger partial charge in [-0.05, 0) is 12.8 Å². The van der Waals surface area contributed by atoms with Gasteiger partial charge in [0.1, 0.15) is 0 Å². The van der Waals surface area contributed by atoms with E-state index in [0.29, 0.717) is 19.4 Å². The van der Waals surface area contributed by atoms with Crippen molar-refractivity contribution in [2.75, 3.05) is 6.54 Å². The lowest BCUT2D eigenvalue weighted by Gasteiger charge is -2.12. The molecule has 0 fully saturated rings. The van der Waals surface area contributed by atoms with Crippen molar-refractivity contribution in [3.05, 3.63) is 0 Å². The summed E-state index contributed by atoms with van der Waals surface area (Å²) in [5.41, 5.74) is 0. The van der Waals surface area contributed by atoms with Gasteiger partial charge in [-0.2, -0.15) is 0 Å². The maximum Gasteiger partial charge on any atom is 0.319 e. The van der Waals surface area contributed by atoms with Crippen LogP contribution in [0.25, 0.3) is 0 Å². The Balaban J connectivity index is 3.65. The molecule has 9 heteroatoms. The molecule has 76 valence electrons. The molecule has 0 spiro atoms. The fourth-order valence-electron chi connectivity index (χ4n) is 0.925. The van der Waals surface area contributed by atoms with Crippen LogP contribution < -0.4 is 15.8 Å². The predicted octanol–water partition coefficient (Wildman–Crippen LogP) is -2.40. The topological polar surface area (TPSA) is 85.8 Å². The molecule has 0 rings (SSSR count). The van der Waals surface area contributed by atoms with Crippen LogP contribution in [-0.2, 0) is 4.79 Å². The Labute approximate surface area is 92.6 Å². The fourth-order valence-corrected chi connectivity index (χ4v) is 0.925. The number of aliphatic carboxylic acids is 1. The Morgan fingerprint density at radius 3 is 2.53 bits per heavy atom. The van der Waals surface area contributed by atoms with Gasteiger partial charge in [-0.25, -0.2) is 0 Å². The molecule has 0 saturated heterocycles. The van der Waals surface area contributed by atoms with Crippen LogP contribution in [0.2, 0.25) is 0 Å². The zero-order valence-corrected chi connectivity index (χ0v) is 8.23. The van der Waals surface area contributed by atoms with Crippen molar-refractivity contribution in [2.45, 2.75) is 18.9 Å². The lowest BCUT2D eigenvalue weighted by atomic mass is 10.1. The van der Waals surface area contributed by atoms with Gasteiger partial charge in [0, 0.05) is 6.54 Å². The van der Waals surface area contributed by atoms with Gasteiger partial charge in [0.15, 0.2) is 13.9 Å². The first-order valence-corrected chi connectivity index (χ1v) is 4.33. The third-order valence-corrected chi connectivity index (χ3v) is 1.73. The number of nitrogens with one attached hydrogen (secondary N) is 3. The summed E-state index contributed by atoms with van der Waals surface area (Å²) in [6, 6.07) is -0.754. The molecule has 0 saturated carbocycles. The highest BCUT2D eigenvalue weighted by molar-refractivity contribution is 6.19. The van der Waals surface area contributed by atoms with Crippen LogP contribution in [0.3, 0.4) is 0 Å². The largest absolute Gasteiger partial charge is 0.480 e. The normalized spacial score (nSPS) is 13.2. The molecule has 6 nitrogen and oxygen atoms in total. The minimum atomic E-state index is -0.984. The summed E-state index contributed by atoms with van der Waals surface area (Å²) in [7, 11) is 15.0. The van der Waals surface area contributed by atoms with Gasteiger partial charge < -0.3 is 25.8 Å². The van der Waals surface area contributed by atoms with Crippen molar-refractivity contribution < 1.29 is 9.90 Å². The van der Waals surface area contributed by atoms with Gasteiger partial charge in [0.25, 0.3) is 7.98 Å². The number of carboxylic acids is 1. The van der Waals surface area contributed by atoms with Crippen molar-refractivity contribution in [3.63, 3.8) is 0 Å². The number of carboxylic acid groups (broad SMARTS) is 1. The van der Waals surface area contributed by atoms with E-state index in [1.54, 1.807) is 0 Å². The molecule has 1 atom stereocenters. The molecule has 15 heavy (non-hydrogen) atoms. The van der Waals surface area contributed by atoms with E-state index in [-0.39, 0.29) is 5.96 Å². The molecule has 0 bridgehead atoms. The third-order valence-electron chi connectivity index (χ3n) is 1.73. The lowest BCUT2D eigenvalue weighted by Crippen LogP contribution is -2.38. The molecular weight excluding hydrogens is 193 g/mol. The standard InChI is InChI=1S/C6H11B3N4O2/c7-11-4(5(14)15)2-1-3-10-6(12-8)13-9/h4,11H,1-3H2,(H,14,15)(H2,10,12,13). The van der Waals surface area contributed by atoms with Gasteiger partial charge in [0.2, 0.25) is 7.98 Å². The van der Waals surface area contributed by atoms with Crippen LogP contribution in [-0.4, -0.2) is 53.6 Å². The quantitative estimate of drug-likeness (QED) is 0.167. The zero-order valence-electron chi connectivity index (χ0n) is 8.23. The predicted molar refractivity (Wildman–Crippen MR) is 59.6 cm³/mol. The van der Waals surface area contributed by atoms with E-state index in [9.17, 15) is 4.79 Å². The second kappa shape index (κ2) is 8.22. The smallest absolute Gasteiger partial charge is 0.319 e. The Hall–Kier alpha value is -1.11. The summed E-state index contributed by atoms with van der Waals surface area (Å²) in [5.74, 6) is -0.746. The molecule has 0 heterocycles. The Morgan fingerprint density at radius 1 is 1.47 bits per heavy atom. The molecule has 4 N–H and O–H groups in total. The highest BCUT2D eigenvalue weighted by Crippen LogP contribution is 1.95. The monoisotopic (exact) mass is 204 g/mol. The lowest BCUT2D eigenvalue weighted by molar-refractivity contribution is -0.139. The number of carbonyl (C=O) groups is 1. The molecule has 0 aliphatic rings. The van der Waals surface area contributed by atoms with E-state index in [1.165, 1.54) is 0 Å². The van der Waals surface area contributed by atoms with E-state index in [0.717, 1.165) is 0 Å². The van der Waals surface area contributed by atoms with Crippen molar-refractivity contribution in [1.29, 1.82) is 0 Å². The van der Waals surface area contributed by atoms with Gasteiger partial charge in [0.05, 0.1) is 6.04 Å². The first kappa shape index (κ1) is 13.9. The van der Waals surface area contributed by atoms with Gasteiger partial charge in [-0.1, -0.05) is 0 Å². The first-order chi connectivity index (χ1) is 7.15. The molecular formula is C6H11B3N4O2. The second-order valence-corrected chi connectivity index (χ2v) is 2.75. The van der Waals surface area contributed by atoms with Crippen molar-refractivity contribution in [3.8, 4) is 0 Å². The summed E-state index contributed by atoms with van der Waals surface area (Å²) in [6.45, 7) is 0.492. The van der Waals surface area contributed by atoms with Gasteiger partial charge in [-0.15, -0.1) is 0 Å². The molecule has 0 aliphatic heterocycles. The van der Waals surface area contributed by atoms with Crippen molar-refractivity contribution in [2.24, 2.45) is 4.90 Å². The molecule has 0 aromatic heterocycles. The van der Waals surface area contributed by atoms with Crippen LogP contribution in [0, 0.1) is 0 Å². The SMILES string of the molecule is [B]N=C(N[B])NCCCC(N[B])C(=O)O. The highest BCUT2D eigenvalue weighted by atomic mass is 16.4. The summed E-state index contributed by atoms with van der Waals surface area (Å²) >= 11 is 0. The van der Waals surface area contributed by atoms with Crippen LogP contribution in [0.15, 0.2) is 4.90 Å². The minimum Gasteiger partial charge on any atom is -0.480 e. The zero-order chi connectivity index (χ0) is 11.7. The third kappa shape index (κ3) is 6.06. The van der Waals surface area contributed by atoms with E-state index < -0.39 is 12.0 Å². The van der Waals surface area contributed by atoms with Crippen molar-refractivity contribution in [1.82, 2.24) is 15.8 Å². The maximum absolute atomic E-state index is 10.5. The van der Waals surface area contributed by atoms with E-state index in [2.05, 4.69) is 20.7 Å². The number of hydrogen-bond donors (Lipinski definition) is 4. The summed E-state index contributed by atoms with van der Waals surface area (Å²) in [5, 5.41) is 15.8. The van der Waals surface area contributed by atoms with E-state index in [1.807, 2.05) is 0 Å². The molecule has 0 aromatic carbocycles. The van der Waals surface area contributed by atoms with Gasteiger partial charge in [-0.3, -0.25) is 4.79 Å². The average molecular weight is 204 g/mol. The Bertz CT molecular complexity index is 226. The highest BCUT2D eigenvalue weighted by Gasteiger charge is 2.12. The van der Waals surface area contributed by atoms with Gasteiger partial charge >= 0.3 is 5.97 Å². The minimum absolute atomic E-state index is 0.239. The molecule has 0 amide bonds. The fraction of sp³-hybridized carbons (Fsp3) is 0.667. The summed E-state index contributed by atoms with van der Waals surface area (Å²) in [4.78, 5) is 13.8. The second-order valence-electron chi connectivity index (χ2n) is 2.75. The average Bonchev–Trinajstić information content (AvgIpc) is 2.23. The number of rotatable bonds is 6.